The average Bonchev–Trinajstić information content (AvgIpc) is 2.98. The van der Waals surface area contributed by atoms with E-state index in [0.29, 0.717) is 6.04 Å². The lowest BCUT2D eigenvalue weighted by molar-refractivity contribution is -0.385. The molecule has 6 heteroatoms. The van der Waals surface area contributed by atoms with Crippen LogP contribution in [0.4, 0.5) is 5.69 Å². The molecule has 0 amide bonds. The maximum atomic E-state index is 11.0. The lowest BCUT2D eigenvalue weighted by Gasteiger charge is -2.26. The first-order valence-corrected chi connectivity index (χ1v) is 8.26. The number of hydrogen-bond acceptors (Lipinski definition) is 4. The number of rotatable bonds is 4. The molecule has 0 radical (unpaired) electrons. The molecule has 0 aliphatic carbocycles. The fraction of sp³-hybridized carbons (Fsp3) is 0.600. The second-order valence-electron chi connectivity index (χ2n) is 6.06. The predicted octanol–water partition coefficient (Wildman–Crippen LogP) is 2.79. The number of nitro groups is 1. The molecule has 2 aliphatic heterocycles. The maximum Gasteiger partial charge on any atom is 0.270 e. The average molecular weight is 354 g/mol. The monoisotopic (exact) mass is 353 g/mol. The van der Waals surface area contributed by atoms with Crippen LogP contribution in [0.2, 0.25) is 0 Å². The van der Waals surface area contributed by atoms with E-state index in [2.05, 4.69) is 33.1 Å². The molecule has 1 aromatic rings. The molecule has 21 heavy (non-hydrogen) atoms. The third kappa shape index (κ3) is 2.98. The Morgan fingerprint density at radius 1 is 1.43 bits per heavy atom. The Morgan fingerprint density at radius 3 is 2.95 bits per heavy atom. The molecule has 0 saturated carbocycles. The van der Waals surface area contributed by atoms with Gasteiger partial charge in [-0.25, -0.2) is 0 Å². The molecule has 1 aromatic carbocycles. The van der Waals surface area contributed by atoms with E-state index in [9.17, 15) is 10.1 Å². The SMILES string of the molecule is CCC1C2CNCC2CN1Cc1cc(Br)cc([N+](=O)[O-])c1. The molecule has 1 N–H and O–H groups in total. The van der Waals surface area contributed by atoms with Gasteiger partial charge in [-0.1, -0.05) is 22.9 Å². The van der Waals surface area contributed by atoms with Crippen molar-refractivity contribution in [1.29, 1.82) is 0 Å². The van der Waals surface area contributed by atoms with Crippen molar-refractivity contribution in [3.63, 3.8) is 0 Å². The van der Waals surface area contributed by atoms with Crippen LogP contribution in [-0.2, 0) is 6.54 Å². The quantitative estimate of drug-likeness (QED) is 0.667. The van der Waals surface area contributed by atoms with Gasteiger partial charge in [-0.15, -0.1) is 0 Å². The van der Waals surface area contributed by atoms with E-state index >= 15 is 0 Å². The summed E-state index contributed by atoms with van der Waals surface area (Å²) >= 11 is 3.38. The van der Waals surface area contributed by atoms with E-state index in [1.807, 2.05) is 6.07 Å². The van der Waals surface area contributed by atoms with Gasteiger partial charge in [0.25, 0.3) is 5.69 Å². The highest BCUT2D eigenvalue weighted by Crippen LogP contribution is 2.35. The molecule has 0 aromatic heterocycles. The summed E-state index contributed by atoms with van der Waals surface area (Å²) in [5.74, 6) is 1.47. The summed E-state index contributed by atoms with van der Waals surface area (Å²) in [4.78, 5) is 13.2. The minimum absolute atomic E-state index is 0.161. The first kappa shape index (κ1) is 14.9. The first-order chi connectivity index (χ1) is 10.1. The first-order valence-electron chi connectivity index (χ1n) is 7.47. The van der Waals surface area contributed by atoms with Crippen LogP contribution in [0.25, 0.3) is 0 Å². The van der Waals surface area contributed by atoms with E-state index < -0.39 is 0 Å². The zero-order chi connectivity index (χ0) is 15.0. The van der Waals surface area contributed by atoms with Crippen LogP contribution in [0, 0.1) is 22.0 Å². The number of hydrogen-bond donors (Lipinski definition) is 1. The number of halogens is 1. The zero-order valence-corrected chi connectivity index (χ0v) is 13.7. The van der Waals surface area contributed by atoms with E-state index in [4.69, 9.17) is 0 Å². The summed E-state index contributed by atoms with van der Waals surface area (Å²) in [5.41, 5.74) is 1.18. The van der Waals surface area contributed by atoms with Gasteiger partial charge >= 0.3 is 0 Å². The van der Waals surface area contributed by atoms with E-state index in [0.717, 1.165) is 54.5 Å². The maximum absolute atomic E-state index is 11.0. The van der Waals surface area contributed by atoms with Crippen molar-refractivity contribution in [3.05, 3.63) is 38.3 Å². The van der Waals surface area contributed by atoms with Gasteiger partial charge in [-0.2, -0.15) is 0 Å². The molecule has 5 nitrogen and oxygen atoms in total. The van der Waals surface area contributed by atoms with Gasteiger partial charge in [0.05, 0.1) is 4.92 Å². The molecular formula is C15H20BrN3O2. The highest BCUT2D eigenvalue weighted by atomic mass is 79.9. The Morgan fingerprint density at radius 2 is 2.24 bits per heavy atom. The highest BCUT2D eigenvalue weighted by molar-refractivity contribution is 9.10. The third-order valence-corrected chi connectivity index (χ3v) is 5.24. The van der Waals surface area contributed by atoms with Gasteiger partial charge in [0, 0.05) is 35.7 Å². The van der Waals surface area contributed by atoms with Crippen LogP contribution in [0.3, 0.4) is 0 Å². The molecule has 3 unspecified atom stereocenters. The number of likely N-dealkylation sites (tertiary alicyclic amines) is 1. The van der Waals surface area contributed by atoms with Crippen molar-refractivity contribution < 1.29 is 4.92 Å². The minimum atomic E-state index is -0.325. The van der Waals surface area contributed by atoms with E-state index in [1.165, 1.54) is 0 Å². The number of non-ortho nitro benzene ring substituents is 1. The molecule has 2 saturated heterocycles. The lowest BCUT2D eigenvalue weighted by atomic mass is 9.93. The normalized spacial score (nSPS) is 28.8. The molecule has 3 rings (SSSR count). The van der Waals surface area contributed by atoms with Gasteiger partial charge in [0.1, 0.15) is 0 Å². The smallest absolute Gasteiger partial charge is 0.270 e. The van der Waals surface area contributed by atoms with Crippen molar-refractivity contribution >= 4 is 21.6 Å². The van der Waals surface area contributed by atoms with Crippen LogP contribution < -0.4 is 5.32 Å². The van der Waals surface area contributed by atoms with Crippen LogP contribution in [0.5, 0.6) is 0 Å². The molecule has 2 heterocycles. The number of nitro benzene ring substituents is 1. The summed E-state index contributed by atoms with van der Waals surface area (Å²) in [6.45, 7) is 6.35. The molecular weight excluding hydrogens is 334 g/mol. The van der Waals surface area contributed by atoms with E-state index in [-0.39, 0.29) is 10.6 Å². The summed E-state index contributed by atoms with van der Waals surface area (Å²) in [6, 6.07) is 5.84. The molecule has 3 atom stereocenters. The minimum Gasteiger partial charge on any atom is -0.316 e. The van der Waals surface area contributed by atoms with Crippen molar-refractivity contribution in [3.8, 4) is 0 Å². The second-order valence-corrected chi connectivity index (χ2v) is 6.98. The molecule has 0 spiro atoms. The van der Waals surface area contributed by atoms with Gasteiger partial charge in [0.2, 0.25) is 0 Å². The molecule has 2 aliphatic rings. The summed E-state index contributed by atoms with van der Waals surface area (Å²) < 4.78 is 0.779. The Labute approximate surface area is 133 Å². The summed E-state index contributed by atoms with van der Waals surface area (Å²) in [5, 5.41) is 14.5. The summed E-state index contributed by atoms with van der Waals surface area (Å²) in [6.07, 6.45) is 1.14. The molecule has 114 valence electrons. The predicted molar refractivity (Wildman–Crippen MR) is 85.1 cm³/mol. The van der Waals surface area contributed by atoms with Crippen molar-refractivity contribution in [2.75, 3.05) is 19.6 Å². The van der Waals surface area contributed by atoms with Crippen molar-refractivity contribution in [2.45, 2.75) is 25.9 Å². The number of nitrogens with zero attached hydrogens (tertiary/aromatic N) is 2. The fourth-order valence-corrected chi connectivity index (χ4v) is 4.45. The van der Waals surface area contributed by atoms with Gasteiger partial charge in [-0.3, -0.25) is 15.0 Å². The Hall–Kier alpha value is -0.980. The Kier molecular flexibility index (Phi) is 4.28. The molecule has 2 fully saturated rings. The fourth-order valence-electron chi connectivity index (χ4n) is 3.92. The Balaban J connectivity index is 1.78. The van der Waals surface area contributed by atoms with Gasteiger partial charge < -0.3 is 5.32 Å². The highest BCUT2D eigenvalue weighted by Gasteiger charge is 2.42. The summed E-state index contributed by atoms with van der Waals surface area (Å²) in [7, 11) is 0. The molecule has 0 bridgehead atoms. The number of fused-ring (bicyclic) bond motifs is 1. The topological polar surface area (TPSA) is 58.4 Å². The van der Waals surface area contributed by atoms with Crippen molar-refractivity contribution in [1.82, 2.24) is 10.2 Å². The van der Waals surface area contributed by atoms with Crippen molar-refractivity contribution in [2.24, 2.45) is 11.8 Å². The van der Waals surface area contributed by atoms with E-state index in [1.54, 1.807) is 12.1 Å². The van der Waals surface area contributed by atoms with Crippen LogP contribution in [0.15, 0.2) is 22.7 Å². The largest absolute Gasteiger partial charge is 0.316 e. The standard InChI is InChI=1S/C15H20BrN3O2/c1-2-15-14-7-17-6-11(14)9-18(15)8-10-3-12(16)5-13(4-10)19(20)21/h3-5,11,14-15,17H,2,6-9H2,1H3. The Bertz CT molecular complexity index is 552. The van der Waals surface area contributed by atoms with Gasteiger partial charge in [0.15, 0.2) is 0 Å². The van der Waals surface area contributed by atoms with Crippen LogP contribution >= 0.6 is 15.9 Å². The third-order valence-electron chi connectivity index (χ3n) is 4.78. The second kappa shape index (κ2) is 6.02. The van der Waals surface area contributed by atoms with Gasteiger partial charge in [-0.05, 0) is 43.0 Å². The zero-order valence-electron chi connectivity index (χ0n) is 12.1. The van der Waals surface area contributed by atoms with Crippen LogP contribution in [-0.4, -0.2) is 35.5 Å². The lowest BCUT2D eigenvalue weighted by Crippen LogP contribution is -2.34. The van der Waals surface area contributed by atoms with Crippen LogP contribution in [0.1, 0.15) is 18.9 Å². The number of benzene rings is 1. The number of nitrogens with one attached hydrogen (secondary N) is 1.